The van der Waals surface area contributed by atoms with Gasteiger partial charge in [-0.05, 0) is 35.4 Å². The maximum absolute atomic E-state index is 11.1. The Labute approximate surface area is 134 Å². The molecule has 0 atom stereocenters. The van der Waals surface area contributed by atoms with E-state index in [2.05, 4.69) is 4.98 Å². The molecule has 0 unspecified atom stereocenters. The van der Waals surface area contributed by atoms with Crippen LogP contribution >= 0.6 is 0 Å². The first kappa shape index (κ1) is 14.8. The molecule has 3 rings (SSSR count). The Morgan fingerprint density at radius 3 is 2.70 bits per heavy atom. The Bertz CT molecular complexity index is 840. The lowest BCUT2D eigenvalue weighted by atomic mass is 10.1. The van der Waals surface area contributed by atoms with Crippen LogP contribution < -0.4 is 5.73 Å². The fourth-order valence-corrected chi connectivity index (χ4v) is 2.54. The molecule has 3 N–H and O–H groups in total. The van der Waals surface area contributed by atoms with Gasteiger partial charge in [0, 0.05) is 31.0 Å². The first-order valence-corrected chi connectivity index (χ1v) is 7.28. The molecule has 5 nitrogen and oxygen atoms in total. The molecule has 0 amide bonds. The highest BCUT2D eigenvalue weighted by Gasteiger charge is 2.07. The monoisotopic (exact) mass is 307 g/mol. The van der Waals surface area contributed by atoms with Crippen LogP contribution in [0.3, 0.4) is 0 Å². The van der Waals surface area contributed by atoms with E-state index in [1.165, 1.54) is 0 Å². The summed E-state index contributed by atoms with van der Waals surface area (Å²) in [6.45, 7) is 0.582. The number of imidazole rings is 1. The fourth-order valence-electron chi connectivity index (χ4n) is 2.54. The molecule has 0 saturated heterocycles. The molecular weight excluding hydrogens is 290 g/mol. The number of carboxylic acids is 1. The molecule has 5 heteroatoms. The van der Waals surface area contributed by atoms with E-state index in [1.807, 2.05) is 41.1 Å². The van der Waals surface area contributed by atoms with E-state index in [0.29, 0.717) is 18.5 Å². The molecule has 0 bridgehead atoms. The van der Waals surface area contributed by atoms with Crippen molar-refractivity contribution in [3.8, 4) is 0 Å². The fraction of sp³-hybridized carbons (Fsp3) is 0.111. The van der Waals surface area contributed by atoms with Gasteiger partial charge >= 0.3 is 5.97 Å². The van der Waals surface area contributed by atoms with Gasteiger partial charge in [-0.3, -0.25) is 0 Å². The third kappa shape index (κ3) is 3.58. The molecule has 2 aromatic carbocycles. The summed E-state index contributed by atoms with van der Waals surface area (Å²) in [6.07, 6.45) is 4.33. The summed E-state index contributed by atoms with van der Waals surface area (Å²) < 4.78 is 2.02. The smallest absolute Gasteiger partial charge is 0.335 e. The van der Waals surface area contributed by atoms with E-state index in [0.717, 1.165) is 22.6 Å². The Balaban J connectivity index is 1.81. The van der Waals surface area contributed by atoms with E-state index in [9.17, 15) is 4.79 Å². The van der Waals surface area contributed by atoms with Crippen LogP contribution in [-0.4, -0.2) is 20.6 Å². The van der Waals surface area contributed by atoms with E-state index < -0.39 is 5.97 Å². The third-order valence-corrected chi connectivity index (χ3v) is 3.64. The van der Waals surface area contributed by atoms with Crippen LogP contribution in [0.15, 0.2) is 60.9 Å². The summed E-state index contributed by atoms with van der Waals surface area (Å²) in [6, 6.07) is 14.7. The number of hydrogen-bond acceptors (Lipinski definition) is 3. The van der Waals surface area contributed by atoms with E-state index in [1.54, 1.807) is 24.4 Å². The van der Waals surface area contributed by atoms with Crippen molar-refractivity contribution < 1.29 is 9.90 Å². The number of benzene rings is 2. The van der Waals surface area contributed by atoms with E-state index in [4.69, 9.17) is 10.8 Å². The molecule has 0 aliphatic heterocycles. The second-order valence-electron chi connectivity index (χ2n) is 5.40. The lowest BCUT2D eigenvalue weighted by Gasteiger charge is -2.09. The summed E-state index contributed by atoms with van der Waals surface area (Å²) in [5, 5.41) is 9.08. The van der Waals surface area contributed by atoms with Gasteiger partial charge in [0.15, 0.2) is 0 Å². The normalized spacial score (nSPS) is 10.6. The Kier molecular flexibility index (Phi) is 4.10. The summed E-state index contributed by atoms with van der Waals surface area (Å²) in [4.78, 5) is 15.5. The number of carbonyl (C=O) groups is 1. The minimum atomic E-state index is -0.919. The molecule has 0 aliphatic rings. The number of nitrogens with zero attached hydrogens (tertiary/aromatic N) is 2. The van der Waals surface area contributed by atoms with Crippen molar-refractivity contribution in [2.24, 2.45) is 0 Å². The minimum absolute atomic E-state index is 0.292. The quantitative estimate of drug-likeness (QED) is 0.710. The second-order valence-corrected chi connectivity index (χ2v) is 5.40. The number of nitrogens with two attached hydrogens (primary N) is 1. The largest absolute Gasteiger partial charge is 0.478 e. The SMILES string of the molecule is Nc1cccc(Cc2nccn2Cc2cccc(C(=O)O)c2)c1. The number of anilines is 1. The highest BCUT2D eigenvalue weighted by molar-refractivity contribution is 5.87. The molecule has 23 heavy (non-hydrogen) atoms. The predicted molar refractivity (Wildman–Crippen MR) is 88.4 cm³/mol. The van der Waals surface area contributed by atoms with Crippen LogP contribution in [-0.2, 0) is 13.0 Å². The van der Waals surface area contributed by atoms with Gasteiger partial charge in [-0.1, -0.05) is 24.3 Å². The van der Waals surface area contributed by atoms with Gasteiger partial charge in [0.1, 0.15) is 5.82 Å². The molecule has 1 heterocycles. The van der Waals surface area contributed by atoms with Crippen LogP contribution in [0.2, 0.25) is 0 Å². The topological polar surface area (TPSA) is 81.1 Å². The zero-order chi connectivity index (χ0) is 16.2. The highest BCUT2D eigenvalue weighted by Crippen LogP contribution is 2.14. The highest BCUT2D eigenvalue weighted by atomic mass is 16.4. The number of rotatable bonds is 5. The van der Waals surface area contributed by atoms with Gasteiger partial charge in [-0.25, -0.2) is 9.78 Å². The van der Waals surface area contributed by atoms with E-state index >= 15 is 0 Å². The van der Waals surface area contributed by atoms with Crippen LogP contribution in [0, 0.1) is 0 Å². The van der Waals surface area contributed by atoms with Gasteiger partial charge in [0.2, 0.25) is 0 Å². The number of hydrogen-bond donors (Lipinski definition) is 2. The van der Waals surface area contributed by atoms with Crippen molar-refractivity contribution in [2.75, 3.05) is 5.73 Å². The molecule has 0 radical (unpaired) electrons. The van der Waals surface area contributed by atoms with Crippen LogP contribution in [0.25, 0.3) is 0 Å². The minimum Gasteiger partial charge on any atom is -0.478 e. The molecule has 0 saturated carbocycles. The zero-order valence-corrected chi connectivity index (χ0v) is 12.5. The summed E-state index contributed by atoms with van der Waals surface area (Å²) >= 11 is 0. The maximum Gasteiger partial charge on any atom is 0.335 e. The first-order valence-electron chi connectivity index (χ1n) is 7.28. The summed E-state index contributed by atoms with van der Waals surface area (Å²) in [5.74, 6) is -0.00575. The second kappa shape index (κ2) is 6.36. The van der Waals surface area contributed by atoms with Crippen LogP contribution in [0.5, 0.6) is 0 Å². The van der Waals surface area contributed by atoms with Gasteiger partial charge in [0.25, 0.3) is 0 Å². The molecule has 0 spiro atoms. The van der Waals surface area contributed by atoms with E-state index in [-0.39, 0.29) is 0 Å². The predicted octanol–water partition coefficient (Wildman–Crippen LogP) is 2.80. The molecular formula is C18H17N3O2. The standard InChI is InChI=1S/C18H17N3O2/c19-16-6-2-3-13(10-16)11-17-20-7-8-21(17)12-14-4-1-5-15(9-14)18(22)23/h1-10H,11-12,19H2,(H,22,23). The molecule has 1 aromatic heterocycles. The van der Waals surface area contributed by atoms with Gasteiger partial charge in [0.05, 0.1) is 5.56 Å². The lowest BCUT2D eigenvalue weighted by Crippen LogP contribution is -2.06. The van der Waals surface area contributed by atoms with Crippen LogP contribution in [0.4, 0.5) is 5.69 Å². The lowest BCUT2D eigenvalue weighted by molar-refractivity contribution is 0.0696. The van der Waals surface area contributed by atoms with Crippen molar-refractivity contribution in [2.45, 2.75) is 13.0 Å². The number of aromatic carboxylic acids is 1. The number of aromatic nitrogens is 2. The molecule has 3 aromatic rings. The van der Waals surface area contributed by atoms with Crippen molar-refractivity contribution >= 4 is 11.7 Å². The van der Waals surface area contributed by atoms with Crippen molar-refractivity contribution in [3.05, 3.63) is 83.4 Å². The zero-order valence-electron chi connectivity index (χ0n) is 12.5. The summed E-state index contributed by atoms with van der Waals surface area (Å²) in [7, 11) is 0. The average molecular weight is 307 g/mol. The Morgan fingerprint density at radius 2 is 1.91 bits per heavy atom. The van der Waals surface area contributed by atoms with Gasteiger partial charge < -0.3 is 15.4 Å². The van der Waals surface area contributed by atoms with Gasteiger partial charge in [-0.2, -0.15) is 0 Å². The van der Waals surface area contributed by atoms with Gasteiger partial charge in [-0.15, -0.1) is 0 Å². The molecule has 0 fully saturated rings. The maximum atomic E-state index is 11.1. The summed E-state index contributed by atoms with van der Waals surface area (Å²) in [5.41, 5.74) is 8.86. The molecule has 0 aliphatic carbocycles. The molecule has 116 valence electrons. The van der Waals surface area contributed by atoms with Crippen molar-refractivity contribution in [1.82, 2.24) is 9.55 Å². The Hall–Kier alpha value is -3.08. The number of carboxylic acid groups (broad SMARTS) is 1. The van der Waals surface area contributed by atoms with Crippen molar-refractivity contribution in [1.29, 1.82) is 0 Å². The number of nitrogen functional groups attached to an aromatic ring is 1. The first-order chi connectivity index (χ1) is 11.1. The third-order valence-electron chi connectivity index (χ3n) is 3.64. The van der Waals surface area contributed by atoms with Crippen LogP contribution in [0.1, 0.15) is 27.3 Å². The Morgan fingerprint density at radius 1 is 1.13 bits per heavy atom. The van der Waals surface area contributed by atoms with Crippen molar-refractivity contribution in [3.63, 3.8) is 0 Å². The average Bonchev–Trinajstić information content (AvgIpc) is 2.94.